The zero-order valence-corrected chi connectivity index (χ0v) is 23.6. The lowest BCUT2D eigenvalue weighted by molar-refractivity contribution is -0.145. The van der Waals surface area contributed by atoms with Gasteiger partial charge in [-0.3, -0.25) is 19.8 Å². The number of nitrogens with zero attached hydrogens (tertiary/aromatic N) is 2. The number of likely N-dealkylation sites (tertiary alicyclic amines) is 2. The van der Waals surface area contributed by atoms with E-state index in [2.05, 4.69) is 5.32 Å². The first kappa shape index (κ1) is 30.5. The highest BCUT2D eigenvalue weighted by Gasteiger charge is 2.39. The van der Waals surface area contributed by atoms with E-state index in [1.807, 2.05) is 6.92 Å². The molecule has 0 aliphatic carbocycles. The van der Waals surface area contributed by atoms with Crippen molar-refractivity contribution >= 4 is 23.6 Å². The predicted octanol–water partition coefficient (Wildman–Crippen LogP) is 3.33. The molecule has 1 aromatic carbocycles. The molecule has 10 heteroatoms. The minimum absolute atomic E-state index is 0.0618. The third-order valence-corrected chi connectivity index (χ3v) is 7.97. The molecule has 0 aromatic heterocycles. The molecule has 2 heterocycles. The Balaban J connectivity index is 1.61. The van der Waals surface area contributed by atoms with E-state index >= 15 is 4.39 Å². The van der Waals surface area contributed by atoms with E-state index in [-0.39, 0.29) is 35.3 Å². The van der Waals surface area contributed by atoms with Crippen LogP contribution in [0.25, 0.3) is 0 Å². The Hall–Kier alpha value is -3.01. The maximum Gasteiger partial charge on any atom is 0.306 e. The zero-order valence-electron chi connectivity index (χ0n) is 23.6. The second-order valence-electron chi connectivity index (χ2n) is 11.2. The first-order valence-corrected chi connectivity index (χ1v) is 14.0. The first-order valence-electron chi connectivity index (χ1n) is 14.0. The summed E-state index contributed by atoms with van der Waals surface area (Å²) in [5.41, 5.74) is -0.708. The molecule has 2 saturated heterocycles. The summed E-state index contributed by atoms with van der Waals surface area (Å²) in [7, 11) is 0. The molecule has 1 aromatic rings. The van der Waals surface area contributed by atoms with Crippen LogP contribution in [0.3, 0.4) is 0 Å². The molecule has 3 rings (SSSR count). The number of benzene rings is 1. The van der Waals surface area contributed by atoms with Gasteiger partial charge in [-0.05, 0) is 70.9 Å². The van der Waals surface area contributed by atoms with E-state index in [9.17, 15) is 19.5 Å². The van der Waals surface area contributed by atoms with Gasteiger partial charge in [0.2, 0.25) is 5.91 Å². The Morgan fingerprint density at radius 2 is 1.72 bits per heavy atom. The van der Waals surface area contributed by atoms with Crippen LogP contribution in [0.15, 0.2) is 18.2 Å². The third-order valence-electron chi connectivity index (χ3n) is 7.97. The number of piperidine rings is 2. The molecule has 39 heavy (non-hydrogen) atoms. The number of nitrogens with one attached hydrogen (secondary N) is 2. The van der Waals surface area contributed by atoms with Crippen molar-refractivity contribution in [1.82, 2.24) is 15.1 Å². The molecule has 0 radical (unpaired) electrons. The highest BCUT2D eigenvalue weighted by atomic mass is 19.1. The van der Waals surface area contributed by atoms with Crippen LogP contribution in [0, 0.1) is 23.1 Å². The molecule has 0 saturated carbocycles. The molecule has 216 valence electrons. The average Bonchev–Trinajstić information content (AvgIpc) is 2.89. The summed E-state index contributed by atoms with van der Waals surface area (Å²) in [6, 6.07) is 4.12. The lowest BCUT2D eigenvalue weighted by Crippen LogP contribution is -2.55. The average molecular weight is 547 g/mol. The molecule has 1 unspecified atom stereocenters. The van der Waals surface area contributed by atoms with Gasteiger partial charge in [0.1, 0.15) is 11.7 Å². The van der Waals surface area contributed by atoms with Crippen molar-refractivity contribution in [1.29, 1.82) is 5.41 Å². The van der Waals surface area contributed by atoms with Gasteiger partial charge in [0.25, 0.3) is 5.91 Å². The summed E-state index contributed by atoms with van der Waals surface area (Å²) >= 11 is 0. The number of aliphatic hydroxyl groups is 1. The molecule has 2 amide bonds. The van der Waals surface area contributed by atoms with Crippen LogP contribution in [-0.4, -0.2) is 83.0 Å². The monoisotopic (exact) mass is 546 g/mol. The predicted molar refractivity (Wildman–Crippen MR) is 146 cm³/mol. The van der Waals surface area contributed by atoms with Gasteiger partial charge in [0, 0.05) is 43.7 Å². The summed E-state index contributed by atoms with van der Waals surface area (Å²) < 4.78 is 20.1. The Labute approximate surface area is 230 Å². The SMILES string of the molecule is CCOC(=O)CC1CCN(C(=O)C(CC)C(C)(C)NC(=O)c2ccc(C(=N)N3CCC(O)CC3)cc2F)CC1. The van der Waals surface area contributed by atoms with E-state index in [0.717, 1.165) is 12.8 Å². The van der Waals surface area contributed by atoms with Gasteiger partial charge in [0.15, 0.2) is 0 Å². The molecule has 1 atom stereocenters. The summed E-state index contributed by atoms with van der Waals surface area (Å²) in [4.78, 5) is 41.9. The van der Waals surface area contributed by atoms with Crippen LogP contribution in [0.4, 0.5) is 4.39 Å². The standard InChI is InChI=1S/C29H43FN4O5/c1-5-23(28(38)34-13-9-19(10-14-34)17-25(36)39-6-2)29(3,4)32-27(37)22-8-7-20(18-24(22)30)26(31)33-15-11-21(35)12-16-33/h7-8,18-19,21,23,31,35H,5-6,9-17H2,1-4H3,(H,32,37). The smallest absolute Gasteiger partial charge is 0.306 e. The van der Waals surface area contributed by atoms with E-state index in [1.165, 1.54) is 12.1 Å². The lowest BCUT2D eigenvalue weighted by Gasteiger charge is -2.39. The van der Waals surface area contributed by atoms with Crippen molar-refractivity contribution < 1.29 is 28.6 Å². The third kappa shape index (κ3) is 7.77. The van der Waals surface area contributed by atoms with E-state index in [4.69, 9.17) is 10.1 Å². The Morgan fingerprint density at radius 3 is 2.28 bits per heavy atom. The van der Waals surface area contributed by atoms with Crippen LogP contribution in [0.2, 0.25) is 0 Å². The van der Waals surface area contributed by atoms with Crippen molar-refractivity contribution in [3.05, 3.63) is 35.1 Å². The highest BCUT2D eigenvalue weighted by molar-refractivity contribution is 5.99. The number of hydrogen-bond donors (Lipinski definition) is 3. The molecule has 3 N–H and O–H groups in total. The number of carbonyl (C=O) groups is 3. The number of amides is 2. The molecule has 9 nitrogen and oxygen atoms in total. The largest absolute Gasteiger partial charge is 0.466 e. The maximum absolute atomic E-state index is 15.0. The van der Waals surface area contributed by atoms with E-state index in [1.54, 1.807) is 36.6 Å². The summed E-state index contributed by atoms with van der Waals surface area (Å²) in [6.07, 6.45) is 3.04. The van der Waals surface area contributed by atoms with Crippen molar-refractivity contribution in [3.8, 4) is 0 Å². The van der Waals surface area contributed by atoms with E-state index in [0.29, 0.717) is 64.0 Å². The number of aliphatic hydroxyl groups excluding tert-OH is 1. The van der Waals surface area contributed by atoms with Crippen molar-refractivity contribution in [2.75, 3.05) is 32.8 Å². The Kier molecular flexibility index (Phi) is 10.5. The Morgan fingerprint density at radius 1 is 1.10 bits per heavy atom. The summed E-state index contributed by atoms with van der Waals surface area (Å²) in [6.45, 7) is 9.71. The van der Waals surface area contributed by atoms with Gasteiger partial charge in [-0.15, -0.1) is 0 Å². The van der Waals surface area contributed by atoms with Crippen LogP contribution in [-0.2, 0) is 14.3 Å². The summed E-state index contributed by atoms with van der Waals surface area (Å²) in [5.74, 6) is -1.77. The number of esters is 1. The fourth-order valence-corrected chi connectivity index (χ4v) is 5.59. The van der Waals surface area contributed by atoms with Gasteiger partial charge in [0.05, 0.1) is 24.2 Å². The number of rotatable bonds is 9. The van der Waals surface area contributed by atoms with Crippen LogP contribution in [0.1, 0.15) is 82.1 Å². The van der Waals surface area contributed by atoms with Crippen molar-refractivity contribution in [3.63, 3.8) is 0 Å². The van der Waals surface area contributed by atoms with Crippen LogP contribution in [0.5, 0.6) is 0 Å². The van der Waals surface area contributed by atoms with Crippen molar-refractivity contribution in [2.45, 2.75) is 77.9 Å². The van der Waals surface area contributed by atoms with Gasteiger partial charge >= 0.3 is 5.97 Å². The lowest BCUT2D eigenvalue weighted by atomic mass is 9.82. The normalized spacial score (nSPS) is 18.0. The zero-order chi connectivity index (χ0) is 28.7. The fraction of sp³-hybridized carbons (Fsp3) is 0.655. The molecule has 2 aliphatic rings. The van der Waals surface area contributed by atoms with Crippen LogP contribution >= 0.6 is 0 Å². The van der Waals surface area contributed by atoms with Gasteiger partial charge in [-0.25, -0.2) is 4.39 Å². The van der Waals surface area contributed by atoms with Gasteiger partial charge in [-0.1, -0.05) is 13.0 Å². The first-order chi connectivity index (χ1) is 18.5. The highest BCUT2D eigenvalue weighted by Crippen LogP contribution is 2.28. The number of amidine groups is 1. The molecule has 0 bridgehead atoms. The van der Waals surface area contributed by atoms with E-state index < -0.39 is 23.2 Å². The number of carbonyl (C=O) groups excluding carboxylic acids is 3. The van der Waals surface area contributed by atoms with Gasteiger partial charge < -0.3 is 25.0 Å². The topological polar surface area (TPSA) is 123 Å². The second-order valence-corrected chi connectivity index (χ2v) is 11.2. The number of ether oxygens (including phenoxy) is 1. The molecule has 2 fully saturated rings. The second kappa shape index (κ2) is 13.4. The Bertz CT molecular complexity index is 1050. The fourth-order valence-electron chi connectivity index (χ4n) is 5.59. The maximum atomic E-state index is 15.0. The van der Waals surface area contributed by atoms with Gasteiger partial charge in [-0.2, -0.15) is 0 Å². The minimum atomic E-state index is -0.933. The molecule has 2 aliphatic heterocycles. The minimum Gasteiger partial charge on any atom is -0.466 e. The van der Waals surface area contributed by atoms with Crippen LogP contribution < -0.4 is 5.32 Å². The quantitative estimate of drug-likeness (QED) is 0.248. The summed E-state index contributed by atoms with van der Waals surface area (Å²) in [5, 5.41) is 21.0. The molecular weight excluding hydrogens is 503 g/mol. The number of hydrogen-bond acceptors (Lipinski definition) is 6. The van der Waals surface area contributed by atoms with Crippen molar-refractivity contribution in [2.24, 2.45) is 11.8 Å². The number of halogens is 1. The molecule has 0 spiro atoms. The molecular formula is C29H43FN4O5.